The van der Waals surface area contributed by atoms with Gasteiger partial charge in [0.1, 0.15) is 16.9 Å². The van der Waals surface area contributed by atoms with Crippen LogP contribution in [0, 0.1) is 11.6 Å². The summed E-state index contributed by atoms with van der Waals surface area (Å²) >= 11 is 0.994. The van der Waals surface area contributed by atoms with Crippen molar-refractivity contribution < 1.29 is 36.6 Å². The molecule has 0 unspecified atom stereocenters. The summed E-state index contributed by atoms with van der Waals surface area (Å²) in [6.45, 7) is -3.02. The van der Waals surface area contributed by atoms with Crippen LogP contribution in [0.15, 0.2) is 46.5 Å². The molecule has 2 aromatic rings. The molecule has 34 heavy (non-hydrogen) atoms. The van der Waals surface area contributed by atoms with Gasteiger partial charge >= 0.3 is 6.61 Å². The van der Waals surface area contributed by atoms with Crippen LogP contribution in [0.25, 0.3) is 0 Å². The summed E-state index contributed by atoms with van der Waals surface area (Å²) in [5.74, 6) is -3.05. The molecule has 8 nitrogen and oxygen atoms in total. The second-order valence-corrected chi connectivity index (χ2v) is 7.84. The van der Waals surface area contributed by atoms with Crippen molar-refractivity contribution >= 4 is 40.6 Å². The third kappa shape index (κ3) is 6.04. The summed E-state index contributed by atoms with van der Waals surface area (Å²) < 4.78 is 61.1. The first kappa shape index (κ1) is 25.0. The van der Waals surface area contributed by atoms with Crippen molar-refractivity contribution in [2.24, 2.45) is 10.1 Å². The number of benzene rings is 2. The number of alkyl halides is 2. The van der Waals surface area contributed by atoms with E-state index in [1.807, 2.05) is 0 Å². The largest absolute Gasteiger partial charge is 0.493 e. The summed E-state index contributed by atoms with van der Waals surface area (Å²) in [5, 5.41) is 6.72. The summed E-state index contributed by atoms with van der Waals surface area (Å²) in [4.78, 5) is 29.1. The molecule has 0 saturated carbocycles. The molecule has 0 radical (unpaired) electrons. The van der Waals surface area contributed by atoms with Crippen molar-refractivity contribution in [3.8, 4) is 11.5 Å². The summed E-state index contributed by atoms with van der Waals surface area (Å²) in [7, 11) is 2.72. The molecule has 1 N–H and O–H groups in total. The first-order chi connectivity index (χ1) is 16.2. The highest BCUT2D eigenvalue weighted by atomic mass is 32.2. The monoisotopic (exact) mass is 498 g/mol. The minimum absolute atomic E-state index is 0.0401. The van der Waals surface area contributed by atoms with E-state index >= 15 is 0 Å². The number of amidine groups is 1. The van der Waals surface area contributed by atoms with Gasteiger partial charge in [-0.05, 0) is 35.9 Å². The van der Waals surface area contributed by atoms with Crippen molar-refractivity contribution in [1.29, 1.82) is 0 Å². The lowest BCUT2D eigenvalue weighted by Crippen LogP contribution is -2.30. The number of nitrogens with zero attached hydrogens (tertiary/aromatic N) is 3. The Kier molecular flexibility index (Phi) is 8.10. The van der Waals surface area contributed by atoms with Crippen molar-refractivity contribution in [2.45, 2.75) is 18.3 Å². The predicted octanol–water partition coefficient (Wildman–Crippen LogP) is 3.87. The maximum Gasteiger partial charge on any atom is 0.387 e. The van der Waals surface area contributed by atoms with Gasteiger partial charge in [0.05, 0.1) is 19.0 Å². The molecule has 1 heterocycles. The number of ether oxygens (including phenoxy) is 2. The van der Waals surface area contributed by atoms with E-state index in [1.54, 1.807) is 0 Å². The minimum Gasteiger partial charge on any atom is -0.493 e. The number of amides is 2. The van der Waals surface area contributed by atoms with Crippen molar-refractivity contribution in [2.75, 3.05) is 19.5 Å². The highest BCUT2D eigenvalue weighted by molar-refractivity contribution is 8.15. The lowest BCUT2D eigenvalue weighted by atomic mass is 10.2. The van der Waals surface area contributed by atoms with Gasteiger partial charge in [-0.15, -0.1) is 0 Å². The van der Waals surface area contributed by atoms with Crippen LogP contribution in [-0.4, -0.2) is 54.2 Å². The van der Waals surface area contributed by atoms with Crippen LogP contribution in [0.1, 0.15) is 12.0 Å². The Morgan fingerprint density at radius 1 is 1.24 bits per heavy atom. The number of thioether (sulfide) groups is 1. The summed E-state index contributed by atoms with van der Waals surface area (Å²) in [6, 6.07) is 6.79. The zero-order valence-electron chi connectivity index (χ0n) is 17.8. The molecular weight excluding hydrogens is 480 g/mol. The van der Waals surface area contributed by atoms with E-state index in [2.05, 4.69) is 20.1 Å². The van der Waals surface area contributed by atoms with Crippen molar-refractivity contribution in [1.82, 2.24) is 5.01 Å². The van der Waals surface area contributed by atoms with Gasteiger partial charge in [-0.1, -0.05) is 11.8 Å². The van der Waals surface area contributed by atoms with Gasteiger partial charge in [0.2, 0.25) is 5.91 Å². The Bertz CT molecular complexity index is 1150. The molecule has 2 amide bonds. The number of aliphatic imine (C=N–C) groups is 1. The van der Waals surface area contributed by atoms with E-state index in [0.29, 0.717) is 11.6 Å². The van der Waals surface area contributed by atoms with E-state index in [1.165, 1.54) is 38.6 Å². The topological polar surface area (TPSA) is 92.6 Å². The number of anilines is 1. The summed E-state index contributed by atoms with van der Waals surface area (Å²) in [5.41, 5.74) is 0.203. The Labute approximate surface area is 195 Å². The minimum atomic E-state index is -3.02. The van der Waals surface area contributed by atoms with Crippen LogP contribution in [0.2, 0.25) is 0 Å². The van der Waals surface area contributed by atoms with Gasteiger partial charge < -0.3 is 14.8 Å². The van der Waals surface area contributed by atoms with E-state index in [4.69, 9.17) is 4.74 Å². The van der Waals surface area contributed by atoms with Crippen LogP contribution < -0.4 is 14.8 Å². The normalized spacial score (nSPS) is 17.1. The average molecular weight is 498 g/mol. The fourth-order valence-electron chi connectivity index (χ4n) is 2.88. The molecule has 0 aromatic heterocycles. The number of halogens is 4. The molecule has 180 valence electrons. The smallest absolute Gasteiger partial charge is 0.387 e. The molecule has 0 bridgehead atoms. The highest BCUT2D eigenvalue weighted by Crippen LogP contribution is 2.31. The van der Waals surface area contributed by atoms with Gasteiger partial charge in [0.25, 0.3) is 5.91 Å². The number of nitrogens with one attached hydrogen (secondary N) is 1. The number of carbonyl (C=O) groups excluding carboxylic acids is 2. The van der Waals surface area contributed by atoms with Gasteiger partial charge in [-0.25, -0.2) is 8.78 Å². The number of rotatable bonds is 8. The number of methoxy groups -OCH3 is 1. The fourth-order valence-corrected chi connectivity index (χ4v) is 3.92. The maximum absolute atomic E-state index is 13.8. The molecule has 3 rings (SSSR count). The van der Waals surface area contributed by atoms with Crippen molar-refractivity contribution in [3.05, 3.63) is 53.6 Å². The second-order valence-electron chi connectivity index (χ2n) is 6.67. The molecule has 1 aliphatic rings. The molecule has 0 spiro atoms. The van der Waals surface area contributed by atoms with Crippen LogP contribution in [0.5, 0.6) is 11.5 Å². The third-order valence-corrected chi connectivity index (χ3v) is 5.63. The Hall–Kier alpha value is -3.61. The lowest BCUT2D eigenvalue weighted by molar-refractivity contribution is -0.128. The van der Waals surface area contributed by atoms with E-state index in [-0.39, 0.29) is 28.8 Å². The predicted molar refractivity (Wildman–Crippen MR) is 118 cm³/mol. The molecule has 1 saturated heterocycles. The zero-order chi connectivity index (χ0) is 24.8. The Morgan fingerprint density at radius 3 is 2.65 bits per heavy atom. The Balaban J connectivity index is 1.69. The molecule has 0 aliphatic carbocycles. The number of hydrazone groups is 1. The fraction of sp³-hybridized carbons (Fsp3) is 0.238. The number of carbonyl (C=O) groups is 2. The van der Waals surface area contributed by atoms with Gasteiger partial charge in [0, 0.05) is 19.5 Å². The van der Waals surface area contributed by atoms with E-state index < -0.39 is 35.3 Å². The van der Waals surface area contributed by atoms with Gasteiger partial charge in [-0.3, -0.25) is 14.6 Å². The average Bonchev–Trinajstić information content (AvgIpc) is 3.08. The molecule has 13 heteroatoms. The van der Waals surface area contributed by atoms with Crippen LogP contribution in [0.4, 0.5) is 23.2 Å². The quantitative estimate of drug-likeness (QED) is 0.441. The molecule has 2 aromatic carbocycles. The molecule has 1 atom stereocenters. The van der Waals surface area contributed by atoms with Crippen LogP contribution >= 0.6 is 11.8 Å². The maximum atomic E-state index is 13.8. The van der Waals surface area contributed by atoms with E-state index in [9.17, 15) is 27.2 Å². The Morgan fingerprint density at radius 2 is 2.00 bits per heavy atom. The first-order valence-corrected chi connectivity index (χ1v) is 10.5. The lowest BCUT2D eigenvalue weighted by Gasteiger charge is -2.11. The molecular formula is C21H18F4N4O4S. The van der Waals surface area contributed by atoms with Gasteiger partial charge in [-0.2, -0.15) is 18.9 Å². The zero-order valence-corrected chi connectivity index (χ0v) is 18.6. The van der Waals surface area contributed by atoms with Gasteiger partial charge in [0.15, 0.2) is 16.7 Å². The first-order valence-electron chi connectivity index (χ1n) is 9.61. The highest BCUT2D eigenvalue weighted by Gasteiger charge is 2.39. The third-order valence-electron chi connectivity index (χ3n) is 4.41. The molecule has 1 fully saturated rings. The molecule has 1 aliphatic heterocycles. The van der Waals surface area contributed by atoms with Crippen LogP contribution in [-0.2, 0) is 9.59 Å². The number of hydrogen-bond donors (Lipinski definition) is 1. The van der Waals surface area contributed by atoms with Crippen LogP contribution in [0.3, 0.4) is 0 Å². The summed E-state index contributed by atoms with van der Waals surface area (Å²) in [6.07, 6.45) is 0.980. The van der Waals surface area contributed by atoms with Crippen molar-refractivity contribution in [3.63, 3.8) is 0 Å². The number of hydrogen-bond acceptors (Lipinski definition) is 7. The second kappa shape index (κ2) is 11.0. The SMILES string of the molecule is CN=C1S[C@H](CC(=O)Nc2ccc(F)cc2F)C(=O)N1/N=C\c1ccc(OC(F)F)c(OC)c1. The standard InChI is InChI=1S/C21H18F4N4O4S/c1-26-21-29(27-10-11-3-6-15(33-20(24)25)16(7-11)32-2)19(31)17(34-21)9-18(30)28-14-5-4-12(22)8-13(14)23/h3-8,10,17,20H,9H2,1-2H3,(H,28,30)/b26-21?,27-10-/t17-/m1/s1. The van der Waals surface area contributed by atoms with E-state index in [0.717, 1.165) is 28.9 Å².